The summed E-state index contributed by atoms with van der Waals surface area (Å²) in [6, 6.07) is 10.5. The minimum atomic E-state index is -0.471. The molecule has 1 aromatic carbocycles. The van der Waals surface area contributed by atoms with E-state index in [-0.39, 0.29) is 10.5 Å². The molecule has 1 atom stereocenters. The van der Waals surface area contributed by atoms with Crippen molar-refractivity contribution < 1.29 is 9.53 Å². The number of aryl methyl sites for hydroxylation is 1. The van der Waals surface area contributed by atoms with Gasteiger partial charge in [0.25, 0.3) is 0 Å². The van der Waals surface area contributed by atoms with Gasteiger partial charge in [0.2, 0.25) is 9.76 Å². The molecule has 23 heavy (non-hydrogen) atoms. The molecule has 0 bridgehead atoms. The highest BCUT2D eigenvalue weighted by Gasteiger charge is 2.34. The number of para-hydroxylation sites is 1. The zero-order valence-electron chi connectivity index (χ0n) is 15.2. The van der Waals surface area contributed by atoms with Crippen LogP contribution >= 0.6 is 0 Å². The Morgan fingerprint density at radius 3 is 2.43 bits per heavy atom. The number of aromatic nitrogens is 1. The number of aliphatic hydroxyl groups is 1. The van der Waals surface area contributed by atoms with Crippen molar-refractivity contribution in [2.45, 2.75) is 52.2 Å². The van der Waals surface area contributed by atoms with E-state index in [0.29, 0.717) is 22.8 Å². The summed E-state index contributed by atoms with van der Waals surface area (Å²) in [6.45, 7) is 11.5. The lowest BCUT2D eigenvalue weighted by molar-refractivity contribution is 0.102. The van der Waals surface area contributed by atoms with Crippen LogP contribution in [0.25, 0.3) is 10.9 Å². The van der Waals surface area contributed by atoms with Crippen molar-refractivity contribution in [1.29, 1.82) is 0 Å². The second kappa shape index (κ2) is 6.79. The number of nitrogens with zero attached hydrogens (tertiary/aromatic N) is 1. The second-order valence-corrected chi connectivity index (χ2v) is 9.64. The SMILES string of the molecule is Cn1c(C[C@@H](O)CO[Si]C(C)(C)C(C)(C)C)cc2ccccc21. The molecule has 0 aliphatic heterocycles. The van der Waals surface area contributed by atoms with Gasteiger partial charge in [0.1, 0.15) is 0 Å². The summed E-state index contributed by atoms with van der Waals surface area (Å²) < 4.78 is 7.99. The zero-order chi connectivity index (χ0) is 17.3. The Morgan fingerprint density at radius 2 is 1.83 bits per heavy atom. The topological polar surface area (TPSA) is 34.4 Å². The molecule has 0 saturated heterocycles. The van der Waals surface area contributed by atoms with E-state index >= 15 is 0 Å². The Kier molecular flexibility index (Phi) is 5.39. The van der Waals surface area contributed by atoms with Crippen LogP contribution in [0.2, 0.25) is 5.04 Å². The molecule has 126 valence electrons. The minimum Gasteiger partial charge on any atom is -0.414 e. The predicted molar refractivity (Wildman–Crippen MR) is 97.8 cm³/mol. The van der Waals surface area contributed by atoms with Crippen LogP contribution in [0, 0.1) is 5.41 Å². The van der Waals surface area contributed by atoms with E-state index in [1.54, 1.807) is 0 Å². The second-order valence-electron chi connectivity index (χ2n) is 7.90. The molecular weight excluding hydrogens is 302 g/mol. The summed E-state index contributed by atoms with van der Waals surface area (Å²) in [6.07, 6.45) is 0.146. The average molecular weight is 332 g/mol. The molecule has 0 aliphatic carbocycles. The van der Waals surface area contributed by atoms with Crippen LogP contribution in [0.1, 0.15) is 40.3 Å². The fourth-order valence-electron chi connectivity index (χ4n) is 2.31. The van der Waals surface area contributed by atoms with E-state index in [4.69, 9.17) is 4.43 Å². The molecule has 0 spiro atoms. The van der Waals surface area contributed by atoms with Gasteiger partial charge in [-0.05, 0) is 28.0 Å². The Morgan fingerprint density at radius 1 is 1.17 bits per heavy atom. The van der Waals surface area contributed by atoms with Gasteiger partial charge in [-0.2, -0.15) is 0 Å². The van der Waals surface area contributed by atoms with Crippen LogP contribution < -0.4 is 0 Å². The lowest BCUT2D eigenvalue weighted by Gasteiger charge is -2.37. The van der Waals surface area contributed by atoms with E-state index < -0.39 is 6.10 Å². The molecule has 4 heteroatoms. The zero-order valence-corrected chi connectivity index (χ0v) is 16.2. The van der Waals surface area contributed by atoms with E-state index in [0.717, 1.165) is 5.69 Å². The number of rotatable bonds is 6. The maximum atomic E-state index is 10.3. The Labute approximate surface area is 142 Å². The highest BCUT2D eigenvalue weighted by Crippen LogP contribution is 2.43. The lowest BCUT2D eigenvalue weighted by atomic mass is 9.82. The number of benzene rings is 1. The quantitative estimate of drug-likeness (QED) is 0.813. The van der Waals surface area contributed by atoms with Crippen LogP contribution in [0.4, 0.5) is 0 Å². The Bertz CT molecular complexity index is 655. The number of aliphatic hydroxyl groups excluding tert-OH is 1. The summed E-state index contributed by atoms with van der Waals surface area (Å²) in [4.78, 5) is 0. The van der Waals surface area contributed by atoms with Crippen LogP contribution in [-0.2, 0) is 17.9 Å². The van der Waals surface area contributed by atoms with Crippen LogP contribution in [0.15, 0.2) is 30.3 Å². The van der Waals surface area contributed by atoms with Gasteiger partial charge in [0.05, 0.1) is 12.7 Å². The summed E-state index contributed by atoms with van der Waals surface area (Å²) in [7, 11) is 2.44. The van der Waals surface area contributed by atoms with Crippen molar-refractivity contribution in [3.05, 3.63) is 36.0 Å². The predicted octanol–water partition coefficient (Wildman–Crippen LogP) is 3.96. The van der Waals surface area contributed by atoms with Crippen molar-refractivity contribution in [1.82, 2.24) is 4.57 Å². The first-order valence-electron chi connectivity index (χ1n) is 8.22. The third-order valence-corrected chi connectivity index (χ3v) is 6.55. The number of hydrogen-bond donors (Lipinski definition) is 1. The summed E-state index contributed by atoms with van der Waals surface area (Å²) >= 11 is 0. The third-order valence-electron chi connectivity index (χ3n) is 4.97. The molecule has 1 N–H and O–H groups in total. The van der Waals surface area contributed by atoms with Crippen molar-refractivity contribution in [2.75, 3.05) is 6.61 Å². The highest BCUT2D eigenvalue weighted by molar-refractivity contribution is 6.32. The van der Waals surface area contributed by atoms with Gasteiger partial charge in [-0.1, -0.05) is 52.8 Å². The highest BCUT2D eigenvalue weighted by atomic mass is 28.2. The van der Waals surface area contributed by atoms with E-state index in [1.807, 2.05) is 12.1 Å². The molecule has 2 aromatic rings. The minimum absolute atomic E-state index is 0.104. The fraction of sp³-hybridized carbons (Fsp3) is 0.579. The fourth-order valence-corrected chi connectivity index (χ4v) is 3.26. The van der Waals surface area contributed by atoms with Gasteiger partial charge in [-0.25, -0.2) is 0 Å². The van der Waals surface area contributed by atoms with Gasteiger partial charge < -0.3 is 14.1 Å². The molecule has 0 saturated carbocycles. The molecule has 2 rings (SSSR count). The van der Waals surface area contributed by atoms with Gasteiger partial charge in [-0.15, -0.1) is 0 Å². The van der Waals surface area contributed by atoms with Gasteiger partial charge >= 0.3 is 0 Å². The van der Waals surface area contributed by atoms with E-state index in [1.165, 1.54) is 10.9 Å². The van der Waals surface area contributed by atoms with Crippen molar-refractivity contribution in [3.8, 4) is 0 Å². The van der Waals surface area contributed by atoms with Crippen LogP contribution in [0.3, 0.4) is 0 Å². The van der Waals surface area contributed by atoms with E-state index in [2.05, 4.69) is 64.4 Å². The molecule has 0 fully saturated rings. The lowest BCUT2D eigenvalue weighted by Crippen LogP contribution is -2.32. The molecule has 0 unspecified atom stereocenters. The Hall–Kier alpha value is -1.10. The summed E-state index contributed by atoms with van der Waals surface area (Å²) in [5.41, 5.74) is 2.53. The maximum Gasteiger partial charge on any atom is 0.236 e. The standard InChI is InChI=1S/C19H29NO2Si/c1-18(2,3)19(4,5)23-22-13-16(21)12-15-11-14-9-7-8-10-17(14)20(15)6/h7-11,16,21H,12-13H2,1-6H3/t16-/m1/s1. The molecule has 1 aromatic heterocycles. The van der Waals surface area contributed by atoms with Crippen molar-refractivity contribution >= 4 is 20.7 Å². The number of fused-ring (bicyclic) bond motifs is 1. The van der Waals surface area contributed by atoms with Gasteiger partial charge in [0.15, 0.2) is 0 Å². The number of hydrogen-bond acceptors (Lipinski definition) is 2. The van der Waals surface area contributed by atoms with E-state index in [9.17, 15) is 5.11 Å². The van der Waals surface area contributed by atoms with Crippen LogP contribution in [0.5, 0.6) is 0 Å². The van der Waals surface area contributed by atoms with Crippen molar-refractivity contribution in [2.24, 2.45) is 12.5 Å². The first-order chi connectivity index (χ1) is 10.6. The molecular formula is C19H29NO2Si. The summed E-state index contributed by atoms with van der Waals surface area (Å²) in [5, 5.41) is 11.6. The molecule has 0 amide bonds. The third kappa shape index (κ3) is 4.25. The van der Waals surface area contributed by atoms with Crippen LogP contribution in [-0.4, -0.2) is 32.1 Å². The average Bonchev–Trinajstić information content (AvgIpc) is 2.74. The smallest absolute Gasteiger partial charge is 0.236 e. The van der Waals surface area contributed by atoms with Crippen molar-refractivity contribution in [3.63, 3.8) is 0 Å². The first-order valence-corrected chi connectivity index (χ1v) is 9.13. The monoisotopic (exact) mass is 331 g/mol. The first kappa shape index (κ1) is 18.2. The maximum absolute atomic E-state index is 10.3. The molecule has 3 nitrogen and oxygen atoms in total. The molecule has 1 heterocycles. The normalized spacial score (nSPS) is 14.4. The Balaban J connectivity index is 1.92. The van der Waals surface area contributed by atoms with Gasteiger partial charge in [-0.3, -0.25) is 0 Å². The molecule has 0 aliphatic rings. The molecule has 2 radical (unpaired) electrons. The largest absolute Gasteiger partial charge is 0.414 e. The van der Waals surface area contributed by atoms with Gasteiger partial charge in [0, 0.05) is 24.7 Å². The summed E-state index contributed by atoms with van der Waals surface area (Å²) in [5.74, 6) is 0.